The summed E-state index contributed by atoms with van der Waals surface area (Å²) in [6.07, 6.45) is 0. The average molecular weight is 863 g/mol. The summed E-state index contributed by atoms with van der Waals surface area (Å²) in [7, 11) is 0. The first-order chi connectivity index (χ1) is 30.9. The van der Waals surface area contributed by atoms with Crippen molar-refractivity contribution < 1.29 is 9.47 Å². The molecule has 12 rings (SSSR count). The maximum absolute atomic E-state index is 7.18. The molecule has 4 aliphatic heterocycles. The predicted octanol–water partition coefficient (Wildman–Crippen LogP) is 13.2. The number of fused-ring (bicyclic) bond motifs is 8. The van der Waals surface area contributed by atoms with Gasteiger partial charge >= 0.3 is 0 Å². The van der Waals surface area contributed by atoms with E-state index < -0.39 is 0 Å². The van der Waals surface area contributed by atoms with Crippen LogP contribution in [0.2, 0.25) is 0 Å². The van der Waals surface area contributed by atoms with Crippen molar-refractivity contribution in [1.29, 1.82) is 0 Å². The first kappa shape index (κ1) is 41.9. The maximum Gasteiger partial charge on any atom is 0.252 e. The van der Waals surface area contributed by atoms with E-state index in [2.05, 4.69) is 196 Å². The molecule has 0 unspecified atom stereocenters. The summed E-state index contributed by atoms with van der Waals surface area (Å²) in [5, 5.41) is 8.49. The Morgan fingerprint density at radius 3 is 1.03 bits per heavy atom. The smallest absolute Gasteiger partial charge is 0.252 e. The lowest BCUT2D eigenvalue weighted by Gasteiger charge is -2.39. The summed E-state index contributed by atoms with van der Waals surface area (Å²) >= 11 is 0. The molecule has 330 valence electrons. The van der Waals surface area contributed by atoms with Gasteiger partial charge < -0.3 is 9.47 Å². The fraction of sp³-hybridized carbons (Fsp3) is 0.355. The molecule has 4 heterocycles. The van der Waals surface area contributed by atoms with Crippen molar-refractivity contribution in [3.05, 3.63) is 118 Å². The Balaban J connectivity index is 1.28. The van der Waals surface area contributed by atoms with Crippen molar-refractivity contribution in [2.75, 3.05) is 0 Å². The second-order valence-corrected chi connectivity index (χ2v) is 25.3. The van der Waals surface area contributed by atoms with Gasteiger partial charge in [0, 0.05) is 0 Å². The van der Waals surface area contributed by atoms with Gasteiger partial charge in [-0.05, 0) is 180 Å². The van der Waals surface area contributed by atoms with Crippen molar-refractivity contribution in [3.8, 4) is 45.3 Å². The Kier molecular flexibility index (Phi) is 8.35. The van der Waals surface area contributed by atoms with Crippen LogP contribution in [0.15, 0.2) is 84.9 Å². The first-order valence-electron chi connectivity index (χ1n) is 24.8. The van der Waals surface area contributed by atoms with E-state index in [0.717, 1.165) is 23.0 Å². The van der Waals surface area contributed by atoms with Crippen LogP contribution in [0.25, 0.3) is 54.6 Å². The average Bonchev–Trinajstić information content (AvgIpc) is 3.23. The Labute approximate surface area is 394 Å². The highest BCUT2D eigenvalue weighted by molar-refractivity contribution is 7.01. The van der Waals surface area contributed by atoms with E-state index in [-0.39, 0.29) is 35.1 Å². The lowest BCUT2D eigenvalue weighted by molar-refractivity contribution is 0.479. The topological polar surface area (TPSA) is 18.5 Å². The number of benzene rings is 8. The Morgan fingerprint density at radius 1 is 0.348 bits per heavy atom. The molecule has 4 aliphatic rings. The summed E-state index contributed by atoms with van der Waals surface area (Å²) in [4.78, 5) is 0. The molecule has 0 saturated carbocycles. The van der Waals surface area contributed by atoms with E-state index in [4.69, 9.17) is 9.47 Å². The van der Waals surface area contributed by atoms with Crippen LogP contribution in [-0.4, -0.2) is 13.4 Å². The Morgan fingerprint density at radius 2 is 0.697 bits per heavy atom. The lowest BCUT2D eigenvalue weighted by atomic mass is 9.31. The van der Waals surface area contributed by atoms with Crippen LogP contribution < -0.4 is 42.3 Å². The molecular formula is C62H64B2O2. The molecule has 4 heteroatoms. The van der Waals surface area contributed by atoms with Gasteiger partial charge in [0.2, 0.25) is 0 Å². The van der Waals surface area contributed by atoms with Crippen molar-refractivity contribution in [1.82, 2.24) is 0 Å². The Bertz CT molecular complexity index is 3230. The molecule has 0 N–H and O–H groups in total. The quantitative estimate of drug-likeness (QED) is 0.127. The lowest BCUT2D eigenvalue weighted by Crippen LogP contribution is -2.58. The van der Waals surface area contributed by atoms with Crippen LogP contribution in [0.3, 0.4) is 0 Å². The molecule has 0 fully saturated rings. The minimum Gasteiger partial charge on any atom is -0.458 e. The fourth-order valence-electron chi connectivity index (χ4n) is 12.3. The van der Waals surface area contributed by atoms with Crippen molar-refractivity contribution in [2.45, 2.75) is 144 Å². The highest BCUT2D eigenvalue weighted by atomic mass is 16.5. The highest BCUT2D eigenvalue weighted by Gasteiger charge is 2.45. The molecule has 0 bridgehead atoms. The van der Waals surface area contributed by atoms with Gasteiger partial charge in [0.25, 0.3) is 13.4 Å². The van der Waals surface area contributed by atoms with Gasteiger partial charge in [-0.2, -0.15) is 0 Å². The van der Waals surface area contributed by atoms with E-state index >= 15 is 0 Å². The van der Waals surface area contributed by atoms with Crippen molar-refractivity contribution in [2.24, 2.45) is 0 Å². The van der Waals surface area contributed by atoms with E-state index in [1.165, 1.54) is 121 Å². The van der Waals surface area contributed by atoms with Crippen LogP contribution in [0.1, 0.15) is 156 Å². The second-order valence-electron chi connectivity index (χ2n) is 25.3. The number of hydrogen-bond donors (Lipinski definition) is 0. The zero-order valence-electron chi connectivity index (χ0n) is 42.2. The third-order valence-corrected chi connectivity index (χ3v) is 16.1. The molecule has 0 aliphatic carbocycles. The monoisotopic (exact) mass is 863 g/mol. The zero-order chi connectivity index (χ0) is 46.6. The molecule has 0 saturated heterocycles. The van der Waals surface area contributed by atoms with Crippen LogP contribution in [0.5, 0.6) is 23.0 Å². The molecular weight excluding hydrogens is 798 g/mol. The predicted molar refractivity (Wildman–Crippen MR) is 286 cm³/mol. The highest BCUT2D eigenvalue weighted by Crippen LogP contribution is 2.51. The summed E-state index contributed by atoms with van der Waals surface area (Å²) < 4.78 is 14.4. The summed E-state index contributed by atoms with van der Waals surface area (Å²) in [6, 6.07) is 34.5. The molecule has 0 atom stereocenters. The van der Waals surface area contributed by atoms with Crippen molar-refractivity contribution >= 4 is 78.5 Å². The normalized spacial score (nSPS) is 14.8. The minimum absolute atomic E-state index is 0.00615. The molecule has 0 radical (unpaired) electrons. The minimum atomic E-state index is -0.0678. The van der Waals surface area contributed by atoms with Gasteiger partial charge in [0.1, 0.15) is 23.0 Å². The van der Waals surface area contributed by atoms with E-state index in [1.54, 1.807) is 0 Å². The third kappa shape index (κ3) is 5.69. The standard InChI is InChI=1S/C62H64B2O2/c1-31(2)37-27-39-43-21-35(61(11,12)13)25-51-57(43)64(46-20-18-34(60(8,9)10)24-50(46)65-51)48-30-42-38(32(3)4)28-40-44-22-36(62(14,15)16)26-52-58(44)63(45-19-17-33(59(5,6)7)23-49(45)66-52)47-29-41(37)55(53(39)48)56(42)54(40)47/h17-32H,1-16H3. The summed E-state index contributed by atoms with van der Waals surface area (Å²) in [5.41, 5.74) is 21.2. The van der Waals surface area contributed by atoms with Crippen LogP contribution in [0.4, 0.5) is 0 Å². The Hall–Kier alpha value is -5.47. The van der Waals surface area contributed by atoms with E-state index in [1.807, 2.05) is 0 Å². The van der Waals surface area contributed by atoms with E-state index in [0.29, 0.717) is 11.8 Å². The molecule has 0 spiro atoms. The maximum atomic E-state index is 7.18. The van der Waals surface area contributed by atoms with Crippen LogP contribution in [0, 0.1) is 0 Å². The van der Waals surface area contributed by atoms with Crippen LogP contribution in [-0.2, 0) is 21.7 Å². The van der Waals surface area contributed by atoms with E-state index in [9.17, 15) is 0 Å². The number of ether oxygens (including phenoxy) is 2. The second kappa shape index (κ2) is 13.2. The van der Waals surface area contributed by atoms with Gasteiger partial charge in [-0.25, -0.2) is 0 Å². The molecule has 66 heavy (non-hydrogen) atoms. The fourth-order valence-corrected chi connectivity index (χ4v) is 12.3. The van der Waals surface area contributed by atoms with Gasteiger partial charge in [0.05, 0.1) is 0 Å². The van der Waals surface area contributed by atoms with Gasteiger partial charge in [-0.3, -0.25) is 0 Å². The van der Waals surface area contributed by atoms with Gasteiger partial charge in [-0.15, -0.1) is 0 Å². The van der Waals surface area contributed by atoms with Gasteiger partial charge in [-0.1, -0.05) is 170 Å². The summed E-state index contributed by atoms with van der Waals surface area (Å²) in [5.74, 6) is 4.60. The largest absolute Gasteiger partial charge is 0.458 e. The third-order valence-electron chi connectivity index (χ3n) is 16.1. The van der Waals surface area contributed by atoms with Gasteiger partial charge in [0.15, 0.2) is 0 Å². The molecule has 2 nitrogen and oxygen atoms in total. The summed E-state index contributed by atoms with van der Waals surface area (Å²) in [6.45, 7) is 37.5. The first-order valence-corrected chi connectivity index (χ1v) is 24.8. The van der Waals surface area contributed by atoms with Crippen molar-refractivity contribution in [3.63, 3.8) is 0 Å². The zero-order valence-corrected chi connectivity index (χ0v) is 42.2. The number of rotatable bonds is 2. The SMILES string of the molecule is CC(C)c1cc2c3c(cc4c(C(C)C)cc5c6c(cc1c3c46)B1c3ccc(C(C)(C)C)cc3Oc3cc(C(C)(C)C)cc-5c31)B1c3ccc(C(C)(C)C)cc3Oc3cc(C(C)(C)C)cc-2c31. The molecule has 8 aromatic rings. The molecule has 0 amide bonds. The number of hydrogen-bond acceptors (Lipinski definition) is 2. The van der Waals surface area contributed by atoms with Crippen LogP contribution >= 0.6 is 0 Å². The molecule has 8 aromatic carbocycles. The molecule has 0 aromatic heterocycles.